The van der Waals surface area contributed by atoms with Crippen LogP contribution in [0, 0.1) is 0 Å². The van der Waals surface area contributed by atoms with Crippen molar-refractivity contribution in [2.45, 2.75) is 12.8 Å². The fraction of sp³-hybridized carbons (Fsp3) is 0.238. The zero-order valence-corrected chi connectivity index (χ0v) is 16.5. The molecule has 0 N–H and O–H groups in total. The fourth-order valence-electron chi connectivity index (χ4n) is 2.72. The monoisotopic (exact) mass is 382 g/mol. The molecule has 5 nitrogen and oxygen atoms in total. The highest BCUT2D eigenvalue weighted by Gasteiger charge is 2.15. The molecule has 1 heterocycles. The Hall–Kier alpha value is -2.86. The summed E-state index contributed by atoms with van der Waals surface area (Å²) in [5, 5.41) is 3.00. The maximum atomic E-state index is 12.6. The first-order valence-electron chi connectivity index (χ1n) is 8.60. The normalized spacial score (nSPS) is 10.5. The van der Waals surface area contributed by atoms with Gasteiger partial charge in [0.15, 0.2) is 11.5 Å². The number of benzene rings is 2. The van der Waals surface area contributed by atoms with Gasteiger partial charge in [-0.1, -0.05) is 30.3 Å². The molecule has 0 aliphatic heterocycles. The number of carbonyl (C=O) groups excluding carboxylic acids is 1. The molecular formula is C21H22N2O3S. The van der Waals surface area contributed by atoms with Crippen LogP contribution in [0.15, 0.2) is 53.9 Å². The Morgan fingerprint density at radius 1 is 1.07 bits per heavy atom. The minimum atomic E-state index is 0.0245. The quantitative estimate of drug-likeness (QED) is 0.607. The first-order chi connectivity index (χ1) is 13.1. The van der Waals surface area contributed by atoms with Crippen LogP contribution in [-0.4, -0.2) is 32.2 Å². The van der Waals surface area contributed by atoms with Gasteiger partial charge in [-0.3, -0.25) is 4.79 Å². The van der Waals surface area contributed by atoms with Crippen LogP contribution in [0.3, 0.4) is 0 Å². The number of carbonyl (C=O) groups is 1. The van der Waals surface area contributed by atoms with Crippen LogP contribution in [-0.2, 0) is 11.2 Å². The van der Waals surface area contributed by atoms with Crippen molar-refractivity contribution in [1.29, 1.82) is 0 Å². The Balaban J connectivity index is 1.63. The predicted octanol–water partition coefficient (Wildman–Crippen LogP) is 4.42. The van der Waals surface area contributed by atoms with Gasteiger partial charge in [0.25, 0.3) is 0 Å². The fourth-order valence-corrected chi connectivity index (χ4v) is 3.58. The number of aromatic nitrogens is 1. The predicted molar refractivity (Wildman–Crippen MR) is 109 cm³/mol. The number of amides is 1. The van der Waals surface area contributed by atoms with Crippen molar-refractivity contribution >= 4 is 22.9 Å². The number of methoxy groups -OCH3 is 2. The lowest BCUT2D eigenvalue weighted by molar-refractivity contribution is -0.118. The molecule has 0 fully saturated rings. The van der Waals surface area contributed by atoms with Crippen LogP contribution in [0.25, 0.3) is 10.6 Å². The van der Waals surface area contributed by atoms with Crippen molar-refractivity contribution in [2.75, 3.05) is 26.2 Å². The summed E-state index contributed by atoms with van der Waals surface area (Å²) < 4.78 is 10.5. The minimum absolute atomic E-state index is 0.0245. The molecule has 0 atom stereocenters. The SMILES string of the molecule is COc1ccc(N(C)C(=O)CCc2csc(-c3ccccc3)n2)cc1OC. The number of aryl methyl sites for hydroxylation is 1. The smallest absolute Gasteiger partial charge is 0.227 e. The molecule has 3 rings (SSSR count). The topological polar surface area (TPSA) is 51.7 Å². The molecule has 0 unspecified atom stereocenters. The third-order valence-corrected chi connectivity index (χ3v) is 5.24. The Morgan fingerprint density at radius 3 is 2.52 bits per heavy atom. The van der Waals surface area contributed by atoms with E-state index < -0.39 is 0 Å². The van der Waals surface area contributed by atoms with Gasteiger partial charge < -0.3 is 14.4 Å². The van der Waals surface area contributed by atoms with Crippen LogP contribution < -0.4 is 14.4 Å². The maximum Gasteiger partial charge on any atom is 0.227 e. The molecule has 140 valence electrons. The van der Waals surface area contributed by atoms with E-state index in [9.17, 15) is 4.79 Å². The molecule has 0 saturated carbocycles. The molecule has 6 heteroatoms. The van der Waals surface area contributed by atoms with Crippen molar-refractivity contribution in [3.05, 3.63) is 59.6 Å². The zero-order valence-electron chi connectivity index (χ0n) is 15.6. The molecule has 0 aliphatic carbocycles. The van der Waals surface area contributed by atoms with Crippen LogP contribution in [0.5, 0.6) is 11.5 Å². The molecule has 0 spiro atoms. The Morgan fingerprint density at radius 2 is 1.81 bits per heavy atom. The van der Waals surface area contributed by atoms with Crippen LogP contribution in [0.1, 0.15) is 12.1 Å². The Bertz CT molecular complexity index is 909. The van der Waals surface area contributed by atoms with Gasteiger partial charge in [-0.05, 0) is 18.6 Å². The number of anilines is 1. The second-order valence-electron chi connectivity index (χ2n) is 6.00. The summed E-state index contributed by atoms with van der Waals surface area (Å²) in [4.78, 5) is 18.9. The maximum absolute atomic E-state index is 12.6. The molecule has 0 aliphatic rings. The Kier molecular flexibility index (Phi) is 6.08. The van der Waals surface area contributed by atoms with Gasteiger partial charge >= 0.3 is 0 Å². The van der Waals surface area contributed by atoms with E-state index in [0.29, 0.717) is 24.3 Å². The highest BCUT2D eigenvalue weighted by atomic mass is 32.1. The van der Waals surface area contributed by atoms with Gasteiger partial charge in [0.2, 0.25) is 5.91 Å². The highest BCUT2D eigenvalue weighted by molar-refractivity contribution is 7.13. The summed E-state index contributed by atoms with van der Waals surface area (Å²) in [6, 6.07) is 15.5. The van der Waals surface area contributed by atoms with E-state index >= 15 is 0 Å². The van der Waals surface area contributed by atoms with Gasteiger partial charge in [0.1, 0.15) is 5.01 Å². The summed E-state index contributed by atoms with van der Waals surface area (Å²) in [6.45, 7) is 0. The van der Waals surface area contributed by atoms with Gasteiger partial charge in [-0.2, -0.15) is 0 Å². The lowest BCUT2D eigenvalue weighted by atomic mass is 10.2. The lowest BCUT2D eigenvalue weighted by Crippen LogP contribution is -2.26. The van der Waals surface area contributed by atoms with E-state index in [1.807, 2.05) is 41.8 Å². The second kappa shape index (κ2) is 8.68. The van der Waals surface area contributed by atoms with Crippen molar-refractivity contribution < 1.29 is 14.3 Å². The van der Waals surface area contributed by atoms with Gasteiger partial charge in [-0.15, -0.1) is 11.3 Å². The molecule has 1 amide bonds. The molecule has 3 aromatic rings. The van der Waals surface area contributed by atoms with Crippen molar-refractivity contribution in [3.63, 3.8) is 0 Å². The number of hydrogen-bond acceptors (Lipinski definition) is 5. The minimum Gasteiger partial charge on any atom is -0.493 e. The molecule has 27 heavy (non-hydrogen) atoms. The van der Waals surface area contributed by atoms with E-state index in [1.54, 1.807) is 49.6 Å². The molecule has 0 radical (unpaired) electrons. The summed E-state index contributed by atoms with van der Waals surface area (Å²) >= 11 is 1.60. The summed E-state index contributed by atoms with van der Waals surface area (Å²) in [6.07, 6.45) is 1.00. The van der Waals surface area contributed by atoms with Crippen LogP contribution in [0.4, 0.5) is 5.69 Å². The van der Waals surface area contributed by atoms with E-state index in [0.717, 1.165) is 22.0 Å². The van der Waals surface area contributed by atoms with E-state index in [4.69, 9.17) is 9.47 Å². The molecule has 2 aromatic carbocycles. The summed E-state index contributed by atoms with van der Waals surface area (Å²) in [5.41, 5.74) is 2.80. The number of thiazole rings is 1. The van der Waals surface area contributed by atoms with Crippen molar-refractivity contribution in [1.82, 2.24) is 4.98 Å². The number of nitrogens with zero attached hydrogens (tertiary/aromatic N) is 2. The summed E-state index contributed by atoms with van der Waals surface area (Å²) in [5.74, 6) is 1.26. The largest absolute Gasteiger partial charge is 0.493 e. The molecule has 0 saturated heterocycles. The van der Waals surface area contributed by atoms with Crippen molar-refractivity contribution in [3.8, 4) is 22.1 Å². The lowest BCUT2D eigenvalue weighted by Gasteiger charge is -2.19. The Labute approximate surface area is 163 Å². The second-order valence-corrected chi connectivity index (χ2v) is 6.86. The number of hydrogen-bond donors (Lipinski definition) is 0. The van der Waals surface area contributed by atoms with Crippen LogP contribution >= 0.6 is 11.3 Å². The van der Waals surface area contributed by atoms with Gasteiger partial charge in [0.05, 0.1) is 19.9 Å². The van der Waals surface area contributed by atoms with E-state index in [1.165, 1.54) is 0 Å². The average Bonchev–Trinajstić information content (AvgIpc) is 3.20. The third kappa shape index (κ3) is 4.46. The van der Waals surface area contributed by atoms with Gasteiger partial charge in [-0.25, -0.2) is 4.98 Å². The standard InChI is InChI=1S/C21H22N2O3S/c1-23(17-10-11-18(25-2)19(13-17)26-3)20(24)12-9-16-14-27-21(22-16)15-7-5-4-6-8-15/h4-8,10-11,13-14H,9,12H2,1-3H3. The molecule has 0 bridgehead atoms. The summed E-state index contributed by atoms with van der Waals surface area (Å²) in [7, 11) is 4.93. The first kappa shape index (κ1) is 18.9. The van der Waals surface area contributed by atoms with Crippen molar-refractivity contribution in [2.24, 2.45) is 0 Å². The number of ether oxygens (including phenoxy) is 2. The average molecular weight is 382 g/mol. The van der Waals surface area contributed by atoms with Crippen LogP contribution in [0.2, 0.25) is 0 Å². The number of rotatable bonds is 7. The molecule has 1 aromatic heterocycles. The zero-order chi connectivity index (χ0) is 19.2. The first-order valence-corrected chi connectivity index (χ1v) is 9.48. The molecular weight excluding hydrogens is 360 g/mol. The third-order valence-electron chi connectivity index (χ3n) is 4.30. The van der Waals surface area contributed by atoms with E-state index in [2.05, 4.69) is 4.98 Å². The van der Waals surface area contributed by atoms with Gasteiger partial charge in [0, 0.05) is 36.2 Å². The van der Waals surface area contributed by atoms with E-state index in [-0.39, 0.29) is 5.91 Å². The highest BCUT2D eigenvalue weighted by Crippen LogP contribution is 2.31.